The van der Waals surface area contributed by atoms with Gasteiger partial charge >= 0.3 is 5.97 Å². The molecule has 2 N–H and O–H groups in total. The van der Waals surface area contributed by atoms with Crippen molar-refractivity contribution >= 4 is 17.7 Å². The SMILES string of the molecule is CCC(=CCNC1CCCC1SC)C(=O)O. The highest BCUT2D eigenvalue weighted by Gasteiger charge is 2.25. The molecule has 1 rings (SSSR count). The Morgan fingerprint density at radius 1 is 1.56 bits per heavy atom. The largest absolute Gasteiger partial charge is 0.478 e. The molecule has 0 aliphatic heterocycles. The van der Waals surface area contributed by atoms with E-state index >= 15 is 0 Å². The van der Waals surface area contributed by atoms with E-state index in [4.69, 9.17) is 5.11 Å². The third-order valence-corrected chi connectivity index (χ3v) is 4.31. The summed E-state index contributed by atoms with van der Waals surface area (Å²) in [4.78, 5) is 10.8. The van der Waals surface area contributed by atoms with E-state index in [2.05, 4.69) is 11.6 Å². The second-order valence-electron chi connectivity index (χ2n) is 4.11. The lowest BCUT2D eigenvalue weighted by molar-refractivity contribution is -0.132. The van der Waals surface area contributed by atoms with Crippen molar-refractivity contribution in [1.29, 1.82) is 0 Å². The van der Waals surface area contributed by atoms with Gasteiger partial charge in [0.1, 0.15) is 0 Å². The van der Waals surface area contributed by atoms with Crippen molar-refractivity contribution in [3.05, 3.63) is 11.6 Å². The van der Waals surface area contributed by atoms with Gasteiger partial charge < -0.3 is 10.4 Å². The summed E-state index contributed by atoms with van der Waals surface area (Å²) >= 11 is 1.91. The van der Waals surface area contributed by atoms with Crippen LogP contribution in [0.5, 0.6) is 0 Å². The Morgan fingerprint density at radius 3 is 2.88 bits per heavy atom. The van der Waals surface area contributed by atoms with Crippen molar-refractivity contribution in [2.75, 3.05) is 12.8 Å². The average molecular weight is 243 g/mol. The van der Waals surface area contributed by atoms with Crippen molar-refractivity contribution in [2.45, 2.75) is 43.9 Å². The lowest BCUT2D eigenvalue weighted by atomic mass is 10.2. The zero-order valence-electron chi connectivity index (χ0n) is 10.0. The van der Waals surface area contributed by atoms with Gasteiger partial charge in [0.05, 0.1) is 0 Å². The molecule has 1 aliphatic carbocycles. The highest BCUT2D eigenvalue weighted by molar-refractivity contribution is 7.99. The third kappa shape index (κ3) is 3.83. The summed E-state index contributed by atoms with van der Waals surface area (Å²) in [6.45, 7) is 2.55. The van der Waals surface area contributed by atoms with E-state index in [1.54, 1.807) is 6.08 Å². The van der Waals surface area contributed by atoms with Crippen LogP contribution in [0.4, 0.5) is 0 Å². The number of carbonyl (C=O) groups is 1. The second kappa shape index (κ2) is 6.97. The Balaban J connectivity index is 2.36. The molecule has 0 aromatic rings. The minimum absolute atomic E-state index is 0.506. The molecule has 92 valence electrons. The number of carboxylic acids is 1. The first kappa shape index (κ1) is 13.6. The van der Waals surface area contributed by atoms with Crippen LogP contribution in [-0.4, -0.2) is 35.2 Å². The molecule has 0 aromatic carbocycles. The molecule has 0 radical (unpaired) electrons. The fourth-order valence-corrected chi connectivity index (χ4v) is 3.12. The summed E-state index contributed by atoms with van der Waals surface area (Å²) in [5, 5.41) is 13.0. The standard InChI is InChI=1S/C12H21NO2S/c1-3-9(12(14)15)7-8-13-10-5-4-6-11(10)16-2/h7,10-11,13H,3-6,8H2,1-2H3,(H,14,15). The van der Waals surface area contributed by atoms with E-state index in [9.17, 15) is 4.79 Å². The molecule has 1 aliphatic rings. The second-order valence-corrected chi connectivity index (χ2v) is 5.18. The summed E-state index contributed by atoms with van der Waals surface area (Å²) in [6.07, 6.45) is 8.32. The Kier molecular flexibility index (Phi) is 5.91. The summed E-state index contributed by atoms with van der Waals surface area (Å²) < 4.78 is 0. The van der Waals surface area contributed by atoms with Crippen LogP contribution in [0.15, 0.2) is 11.6 Å². The van der Waals surface area contributed by atoms with E-state index in [1.165, 1.54) is 19.3 Å². The molecule has 0 amide bonds. The number of nitrogens with one attached hydrogen (secondary N) is 1. The third-order valence-electron chi connectivity index (χ3n) is 3.14. The summed E-state index contributed by atoms with van der Waals surface area (Å²) in [5.74, 6) is -0.794. The Bertz CT molecular complexity index is 266. The van der Waals surface area contributed by atoms with Crippen molar-refractivity contribution < 1.29 is 9.90 Å². The fourth-order valence-electron chi connectivity index (χ4n) is 2.16. The lowest BCUT2D eigenvalue weighted by Crippen LogP contribution is -2.34. The predicted octanol–water partition coefficient (Wildman–Crippen LogP) is 2.28. The minimum atomic E-state index is -0.794. The molecular weight excluding hydrogens is 222 g/mol. The predicted molar refractivity (Wildman–Crippen MR) is 69.0 cm³/mol. The Labute approximate surface area is 102 Å². The van der Waals surface area contributed by atoms with Crippen LogP contribution < -0.4 is 5.32 Å². The number of hydrogen-bond acceptors (Lipinski definition) is 3. The first-order valence-corrected chi connectivity index (χ1v) is 7.16. The molecule has 0 heterocycles. The van der Waals surface area contributed by atoms with Crippen molar-refractivity contribution in [3.8, 4) is 0 Å². The molecule has 0 bridgehead atoms. The van der Waals surface area contributed by atoms with Gasteiger partial charge in [-0.2, -0.15) is 11.8 Å². The maximum atomic E-state index is 10.8. The molecule has 0 aromatic heterocycles. The summed E-state index contributed by atoms with van der Waals surface area (Å²) in [7, 11) is 0. The molecule has 4 heteroatoms. The molecule has 1 fully saturated rings. The van der Waals surface area contributed by atoms with Crippen LogP contribution in [-0.2, 0) is 4.79 Å². The topological polar surface area (TPSA) is 49.3 Å². The van der Waals surface area contributed by atoms with E-state index in [-0.39, 0.29) is 0 Å². The van der Waals surface area contributed by atoms with Gasteiger partial charge in [-0.15, -0.1) is 0 Å². The number of carboxylic acid groups (broad SMARTS) is 1. The molecular formula is C12H21NO2S. The first-order chi connectivity index (χ1) is 7.69. The zero-order chi connectivity index (χ0) is 12.0. The monoisotopic (exact) mass is 243 g/mol. The minimum Gasteiger partial charge on any atom is -0.478 e. The van der Waals surface area contributed by atoms with Gasteiger partial charge in [-0.25, -0.2) is 4.79 Å². The van der Waals surface area contributed by atoms with Crippen LogP contribution in [0.2, 0.25) is 0 Å². The van der Waals surface area contributed by atoms with E-state index < -0.39 is 5.97 Å². The van der Waals surface area contributed by atoms with Gasteiger partial charge in [-0.3, -0.25) is 0 Å². The van der Waals surface area contributed by atoms with Crippen molar-refractivity contribution in [3.63, 3.8) is 0 Å². The molecule has 2 unspecified atom stereocenters. The van der Waals surface area contributed by atoms with Gasteiger partial charge in [-0.05, 0) is 25.5 Å². The molecule has 3 nitrogen and oxygen atoms in total. The number of hydrogen-bond donors (Lipinski definition) is 2. The summed E-state index contributed by atoms with van der Waals surface area (Å²) in [5.41, 5.74) is 0.506. The molecule has 16 heavy (non-hydrogen) atoms. The van der Waals surface area contributed by atoms with E-state index in [1.807, 2.05) is 18.7 Å². The molecule has 0 saturated heterocycles. The average Bonchev–Trinajstić information content (AvgIpc) is 2.71. The van der Waals surface area contributed by atoms with Gasteiger partial charge in [0.15, 0.2) is 0 Å². The smallest absolute Gasteiger partial charge is 0.331 e. The lowest BCUT2D eigenvalue weighted by Gasteiger charge is -2.18. The molecule has 1 saturated carbocycles. The van der Waals surface area contributed by atoms with Crippen LogP contribution in [0, 0.1) is 0 Å². The number of thioether (sulfide) groups is 1. The highest BCUT2D eigenvalue weighted by atomic mass is 32.2. The van der Waals surface area contributed by atoms with Gasteiger partial charge in [-0.1, -0.05) is 19.4 Å². The maximum Gasteiger partial charge on any atom is 0.331 e. The summed E-state index contributed by atoms with van der Waals surface area (Å²) in [6, 6.07) is 0.554. The van der Waals surface area contributed by atoms with Gasteiger partial charge in [0.25, 0.3) is 0 Å². The molecule has 2 atom stereocenters. The van der Waals surface area contributed by atoms with E-state index in [0.717, 1.165) is 0 Å². The normalized spacial score (nSPS) is 26.0. The highest BCUT2D eigenvalue weighted by Crippen LogP contribution is 2.28. The van der Waals surface area contributed by atoms with Crippen LogP contribution in [0.25, 0.3) is 0 Å². The van der Waals surface area contributed by atoms with Crippen molar-refractivity contribution in [2.24, 2.45) is 0 Å². The van der Waals surface area contributed by atoms with Crippen molar-refractivity contribution in [1.82, 2.24) is 5.32 Å². The molecule has 0 spiro atoms. The Morgan fingerprint density at radius 2 is 2.31 bits per heavy atom. The van der Waals surface area contributed by atoms with E-state index in [0.29, 0.717) is 29.8 Å². The quantitative estimate of drug-likeness (QED) is 0.703. The zero-order valence-corrected chi connectivity index (χ0v) is 10.8. The Hall–Kier alpha value is -0.480. The van der Waals surface area contributed by atoms with Gasteiger partial charge in [0.2, 0.25) is 0 Å². The van der Waals surface area contributed by atoms with Crippen LogP contribution in [0.1, 0.15) is 32.6 Å². The van der Waals surface area contributed by atoms with Gasteiger partial charge in [0, 0.05) is 23.4 Å². The van der Waals surface area contributed by atoms with Crippen LogP contribution >= 0.6 is 11.8 Å². The number of aliphatic carboxylic acids is 1. The van der Waals surface area contributed by atoms with Crippen LogP contribution in [0.3, 0.4) is 0 Å². The first-order valence-electron chi connectivity index (χ1n) is 5.87. The maximum absolute atomic E-state index is 10.8. The number of rotatable bonds is 6. The fraction of sp³-hybridized carbons (Fsp3) is 0.750.